The van der Waals surface area contributed by atoms with Crippen LogP contribution in [-0.4, -0.2) is 77.8 Å². The summed E-state index contributed by atoms with van der Waals surface area (Å²) in [6, 6.07) is 14.9. The first-order valence-corrected chi connectivity index (χ1v) is 13.2. The number of amides is 3. The number of nitrogens with zero attached hydrogens (tertiary/aromatic N) is 1. The molecule has 3 amide bonds. The van der Waals surface area contributed by atoms with Crippen molar-refractivity contribution >= 4 is 17.9 Å². The Morgan fingerprint density at radius 1 is 1.13 bits per heavy atom. The summed E-state index contributed by atoms with van der Waals surface area (Å²) in [5.74, 6) is -1.11. The van der Waals surface area contributed by atoms with E-state index in [4.69, 9.17) is 14.2 Å². The van der Waals surface area contributed by atoms with Crippen molar-refractivity contribution in [1.29, 1.82) is 0 Å². The van der Waals surface area contributed by atoms with Crippen LogP contribution in [0.5, 0.6) is 0 Å². The van der Waals surface area contributed by atoms with E-state index in [1.54, 1.807) is 13.8 Å². The Kier molecular flexibility index (Phi) is 9.21. The predicted molar refractivity (Wildman–Crippen MR) is 142 cm³/mol. The van der Waals surface area contributed by atoms with E-state index >= 15 is 0 Å². The molecule has 4 rings (SSSR count). The number of ether oxygens (including phenoxy) is 3. The number of hydrogen-bond donors (Lipinski definition) is 3. The average molecular weight is 540 g/mol. The zero-order chi connectivity index (χ0) is 28.0. The van der Waals surface area contributed by atoms with Gasteiger partial charge in [-0.25, -0.2) is 4.79 Å². The van der Waals surface area contributed by atoms with Gasteiger partial charge in [-0.3, -0.25) is 9.59 Å². The Balaban J connectivity index is 1.48. The van der Waals surface area contributed by atoms with Crippen LogP contribution in [0.2, 0.25) is 0 Å². The average Bonchev–Trinajstić information content (AvgIpc) is 3.54. The summed E-state index contributed by atoms with van der Waals surface area (Å²) in [6.45, 7) is 6.34. The number of hydrogen-bond acceptors (Lipinski definition) is 7. The molecule has 10 nitrogen and oxygen atoms in total. The van der Waals surface area contributed by atoms with Crippen molar-refractivity contribution in [3.05, 3.63) is 71.3 Å². The van der Waals surface area contributed by atoms with Crippen molar-refractivity contribution in [3.63, 3.8) is 0 Å². The molecule has 0 aliphatic carbocycles. The van der Waals surface area contributed by atoms with Crippen molar-refractivity contribution in [2.24, 2.45) is 0 Å². The van der Waals surface area contributed by atoms with E-state index in [1.165, 1.54) is 4.90 Å². The Hall–Kier alpha value is -3.47. The van der Waals surface area contributed by atoms with Gasteiger partial charge in [0, 0.05) is 13.0 Å². The second-order valence-corrected chi connectivity index (χ2v) is 10.5. The molecule has 2 aromatic rings. The molecule has 3 N–H and O–H groups in total. The number of carbonyl (C=O) groups is 3. The minimum absolute atomic E-state index is 0.173. The summed E-state index contributed by atoms with van der Waals surface area (Å²) < 4.78 is 16.5. The molecule has 2 aromatic carbocycles. The van der Waals surface area contributed by atoms with Crippen molar-refractivity contribution in [2.45, 2.75) is 70.1 Å². The number of nitrogens with one attached hydrogen (secondary N) is 2. The van der Waals surface area contributed by atoms with Crippen LogP contribution in [0, 0.1) is 6.92 Å². The van der Waals surface area contributed by atoms with Gasteiger partial charge in [0.15, 0.2) is 6.10 Å². The van der Waals surface area contributed by atoms with Gasteiger partial charge in [-0.1, -0.05) is 54.6 Å². The lowest BCUT2D eigenvalue weighted by Gasteiger charge is -2.32. The maximum absolute atomic E-state index is 13.6. The highest BCUT2D eigenvalue weighted by atomic mass is 16.6. The van der Waals surface area contributed by atoms with E-state index in [0.29, 0.717) is 19.6 Å². The summed E-state index contributed by atoms with van der Waals surface area (Å²) in [6.07, 6.45) is -2.03. The molecule has 0 radical (unpaired) electrons. The van der Waals surface area contributed by atoms with E-state index < -0.39 is 41.7 Å². The first-order valence-electron chi connectivity index (χ1n) is 13.2. The number of aliphatic hydroxyl groups is 1. The molecule has 2 heterocycles. The van der Waals surface area contributed by atoms with Gasteiger partial charge in [-0.15, -0.1) is 0 Å². The van der Waals surface area contributed by atoms with Crippen LogP contribution >= 0.6 is 0 Å². The summed E-state index contributed by atoms with van der Waals surface area (Å²) in [5, 5.41) is 16.8. The minimum atomic E-state index is -1.65. The SMILES string of the molecule is Cc1ccccc1CNC(=O)[C@H]1N(C(=O)[C@@H](O)C(Cc2ccccc2)NC(=O)O[C@H]2CCOC2)COC1(C)C. The van der Waals surface area contributed by atoms with Gasteiger partial charge >= 0.3 is 6.09 Å². The molecule has 1 unspecified atom stereocenters. The van der Waals surface area contributed by atoms with E-state index in [9.17, 15) is 19.5 Å². The number of alkyl carbamates (subject to hydrolysis) is 1. The zero-order valence-corrected chi connectivity index (χ0v) is 22.6. The smallest absolute Gasteiger partial charge is 0.407 e. The van der Waals surface area contributed by atoms with Crippen LogP contribution in [0.4, 0.5) is 4.79 Å². The first kappa shape index (κ1) is 28.5. The molecule has 0 aromatic heterocycles. The highest BCUT2D eigenvalue weighted by Gasteiger charge is 2.50. The highest BCUT2D eigenvalue weighted by Crippen LogP contribution is 2.29. The normalized spacial score (nSPS) is 21.7. The third-order valence-corrected chi connectivity index (χ3v) is 7.19. The van der Waals surface area contributed by atoms with E-state index in [0.717, 1.165) is 16.7 Å². The van der Waals surface area contributed by atoms with Crippen LogP contribution in [0.15, 0.2) is 54.6 Å². The maximum Gasteiger partial charge on any atom is 0.407 e. The lowest BCUT2D eigenvalue weighted by molar-refractivity contribution is -0.147. The second kappa shape index (κ2) is 12.6. The zero-order valence-electron chi connectivity index (χ0n) is 22.6. The first-order chi connectivity index (χ1) is 18.7. The molecule has 2 saturated heterocycles. The van der Waals surface area contributed by atoms with Crippen molar-refractivity contribution in [1.82, 2.24) is 15.5 Å². The quantitative estimate of drug-likeness (QED) is 0.445. The maximum atomic E-state index is 13.6. The topological polar surface area (TPSA) is 126 Å². The fourth-order valence-corrected chi connectivity index (χ4v) is 4.89. The Bertz CT molecular complexity index is 1150. The van der Waals surface area contributed by atoms with Gasteiger partial charge in [0.05, 0.1) is 24.9 Å². The standard InChI is InChI=1S/C29H37N3O7/c1-19-9-7-8-12-21(19)16-30-26(34)25-29(2,3)38-18-32(25)27(35)24(33)23(15-20-10-5-4-6-11-20)31-28(36)39-22-13-14-37-17-22/h4-12,22-25,33H,13-18H2,1-3H3,(H,30,34)(H,31,36)/t22-,23?,24-,25+/m0/s1. The van der Waals surface area contributed by atoms with Gasteiger partial charge in [0.1, 0.15) is 18.9 Å². The fourth-order valence-electron chi connectivity index (χ4n) is 4.89. The lowest BCUT2D eigenvalue weighted by atomic mass is 9.95. The third kappa shape index (κ3) is 7.14. The lowest BCUT2D eigenvalue weighted by Crippen LogP contribution is -2.59. The molecule has 4 atom stereocenters. The van der Waals surface area contributed by atoms with E-state index in [1.807, 2.05) is 61.5 Å². The minimum Gasteiger partial charge on any atom is -0.444 e. The Morgan fingerprint density at radius 2 is 1.85 bits per heavy atom. The molecule has 39 heavy (non-hydrogen) atoms. The van der Waals surface area contributed by atoms with Crippen molar-refractivity contribution < 1.29 is 33.7 Å². The summed E-state index contributed by atoms with van der Waals surface area (Å²) in [7, 11) is 0. The van der Waals surface area contributed by atoms with Gasteiger partial charge < -0.3 is 34.9 Å². The van der Waals surface area contributed by atoms with Gasteiger partial charge in [0.2, 0.25) is 5.91 Å². The molecule has 0 saturated carbocycles. The molecule has 0 bridgehead atoms. The van der Waals surface area contributed by atoms with Crippen LogP contribution in [0.1, 0.15) is 37.0 Å². The summed E-state index contributed by atoms with van der Waals surface area (Å²) in [4.78, 5) is 40.9. The van der Waals surface area contributed by atoms with Gasteiger partial charge in [0.25, 0.3) is 5.91 Å². The number of aliphatic hydroxyl groups excluding tert-OH is 1. The molecule has 10 heteroatoms. The fraction of sp³-hybridized carbons (Fsp3) is 0.483. The van der Waals surface area contributed by atoms with Gasteiger partial charge in [-0.05, 0) is 43.9 Å². The van der Waals surface area contributed by atoms with E-state index in [-0.39, 0.29) is 25.8 Å². The molecular weight excluding hydrogens is 502 g/mol. The Labute approximate surface area is 228 Å². The van der Waals surface area contributed by atoms with Crippen molar-refractivity contribution in [3.8, 4) is 0 Å². The molecule has 0 spiro atoms. The number of benzene rings is 2. The van der Waals surface area contributed by atoms with Crippen LogP contribution in [0.25, 0.3) is 0 Å². The highest BCUT2D eigenvalue weighted by molar-refractivity contribution is 5.91. The largest absolute Gasteiger partial charge is 0.444 e. The van der Waals surface area contributed by atoms with E-state index in [2.05, 4.69) is 10.6 Å². The molecule has 2 fully saturated rings. The van der Waals surface area contributed by atoms with Crippen molar-refractivity contribution in [2.75, 3.05) is 19.9 Å². The van der Waals surface area contributed by atoms with Crippen LogP contribution in [0.3, 0.4) is 0 Å². The third-order valence-electron chi connectivity index (χ3n) is 7.19. The summed E-state index contributed by atoms with van der Waals surface area (Å²) in [5.41, 5.74) is 1.81. The molecule has 2 aliphatic rings. The summed E-state index contributed by atoms with van der Waals surface area (Å²) >= 11 is 0. The van der Waals surface area contributed by atoms with Gasteiger partial charge in [-0.2, -0.15) is 0 Å². The monoisotopic (exact) mass is 539 g/mol. The Morgan fingerprint density at radius 3 is 2.54 bits per heavy atom. The second-order valence-electron chi connectivity index (χ2n) is 10.5. The number of rotatable bonds is 9. The predicted octanol–water partition coefficient (Wildman–Crippen LogP) is 2.06. The molecular formula is C29H37N3O7. The number of carbonyl (C=O) groups excluding carboxylic acids is 3. The van der Waals surface area contributed by atoms with Crippen LogP contribution < -0.4 is 10.6 Å². The molecule has 210 valence electrons. The molecule has 2 aliphatic heterocycles. The van der Waals surface area contributed by atoms with Crippen LogP contribution in [-0.2, 0) is 36.8 Å². The number of aryl methyl sites for hydroxylation is 1.